The average Bonchev–Trinajstić information content (AvgIpc) is 2.22. The van der Waals surface area contributed by atoms with E-state index in [4.69, 9.17) is 5.26 Å². The second-order valence-electron chi connectivity index (χ2n) is 3.54. The molecule has 1 atom stereocenters. The fraction of sp³-hybridized carbons (Fsp3) is 0.700. The van der Waals surface area contributed by atoms with Gasteiger partial charge in [0.15, 0.2) is 0 Å². The number of carbonyl (C=O) groups excluding carboxylic acids is 2. The SMILES string of the molecule is CCC(C)(C#N)C(=O)NCCNC(C)=O. The minimum atomic E-state index is -0.976. The van der Waals surface area contributed by atoms with Crippen molar-refractivity contribution in [3.63, 3.8) is 0 Å². The lowest BCUT2D eigenvalue weighted by atomic mass is 9.88. The van der Waals surface area contributed by atoms with Gasteiger partial charge in [0.25, 0.3) is 0 Å². The quantitative estimate of drug-likeness (QED) is 0.636. The third kappa shape index (κ3) is 4.45. The highest BCUT2D eigenvalue weighted by molar-refractivity contribution is 5.84. The van der Waals surface area contributed by atoms with Crippen LogP contribution in [-0.4, -0.2) is 24.9 Å². The van der Waals surface area contributed by atoms with Crippen molar-refractivity contribution >= 4 is 11.8 Å². The molecule has 2 amide bonds. The maximum atomic E-state index is 11.5. The minimum absolute atomic E-state index is 0.136. The molecule has 0 aliphatic heterocycles. The van der Waals surface area contributed by atoms with Crippen molar-refractivity contribution in [2.45, 2.75) is 27.2 Å². The molecule has 0 heterocycles. The molecule has 0 aromatic heterocycles. The van der Waals surface area contributed by atoms with Crippen LogP contribution in [0.3, 0.4) is 0 Å². The average molecular weight is 211 g/mol. The van der Waals surface area contributed by atoms with Crippen LogP contribution in [0.4, 0.5) is 0 Å². The van der Waals surface area contributed by atoms with Crippen molar-refractivity contribution < 1.29 is 9.59 Å². The summed E-state index contributed by atoms with van der Waals surface area (Å²) >= 11 is 0. The summed E-state index contributed by atoms with van der Waals surface area (Å²) in [6.07, 6.45) is 0.468. The van der Waals surface area contributed by atoms with E-state index >= 15 is 0 Å². The third-order valence-corrected chi connectivity index (χ3v) is 2.24. The smallest absolute Gasteiger partial charge is 0.240 e. The summed E-state index contributed by atoms with van der Waals surface area (Å²) in [5.41, 5.74) is -0.976. The molecule has 0 aliphatic carbocycles. The normalized spacial score (nSPS) is 13.5. The molecule has 15 heavy (non-hydrogen) atoms. The lowest BCUT2D eigenvalue weighted by Crippen LogP contribution is -2.41. The van der Waals surface area contributed by atoms with Crippen LogP contribution in [0.15, 0.2) is 0 Å². The van der Waals surface area contributed by atoms with E-state index in [1.807, 2.05) is 6.07 Å². The van der Waals surface area contributed by atoms with E-state index in [1.54, 1.807) is 13.8 Å². The van der Waals surface area contributed by atoms with Crippen molar-refractivity contribution in [2.24, 2.45) is 5.41 Å². The molecule has 5 nitrogen and oxygen atoms in total. The molecule has 2 N–H and O–H groups in total. The summed E-state index contributed by atoms with van der Waals surface area (Å²) in [6, 6.07) is 1.98. The first-order valence-corrected chi connectivity index (χ1v) is 4.90. The van der Waals surface area contributed by atoms with Gasteiger partial charge in [-0.1, -0.05) is 6.92 Å². The van der Waals surface area contributed by atoms with Crippen LogP contribution in [0, 0.1) is 16.7 Å². The molecule has 1 unspecified atom stereocenters. The van der Waals surface area contributed by atoms with Gasteiger partial charge in [-0.25, -0.2) is 0 Å². The topological polar surface area (TPSA) is 82.0 Å². The molecule has 0 fully saturated rings. The standard InChI is InChI=1S/C10H17N3O2/c1-4-10(3,7-11)9(15)13-6-5-12-8(2)14/h4-6H2,1-3H3,(H,12,14)(H,13,15). The number of nitriles is 1. The molecule has 0 saturated heterocycles. The van der Waals surface area contributed by atoms with Gasteiger partial charge in [0, 0.05) is 20.0 Å². The Labute approximate surface area is 89.8 Å². The third-order valence-electron chi connectivity index (χ3n) is 2.24. The number of nitrogens with zero attached hydrogens (tertiary/aromatic N) is 1. The van der Waals surface area contributed by atoms with Crippen LogP contribution >= 0.6 is 0 Å². The highest BCUT2D eigenvalue weighted by Gasteiger charge is 2.30. The molecule has 0 bridgehead atoms. The zero-order chi connectivity index (χ0) is 11.9. The number of hydrogen-bond acceptors (Lipinski definition) is 3. The van der Waals surface area contributed by atoms with E-state index in [9.17, 15) is 9.59 Å². The van der Waals surface area contributed by atoms with Gasteiger partial charge in [-0.15, -0.1) is 0 Å². The Balaban J connectivity index is 3.94. The van der Waals surface area contributed by atoms with E-state index in [-0.39, 0.29) is 11.8 Å². The molecule has 0 radical (unpaired) electrons. The minimum Gasteiger partial charge on any atom is -0.355 e. The molecule has 0 aliphatic rings. The van der Waals surface area contributed by atoms with E-state index in [0.717, 1.165) is 0 Å². The largest absolute Gasteiger partial charge is 0.355 e. The van der Waals surface area contributed by atoms with E-state index < -0.39 is 5.41 Å². The Morgan fingerprint density at radius 3 is 2.27 bits per heavy atom. The van der Waals surface area contributed by atoms with Gasteiger partial charge < -0.3 is 10.6 Å². The van der Waals surface area contributed by atoms with Crippen molar-refractivity contribution in [3.05, 3.63) is 0 Å². The Morgan fingerprint density at radius 1 is 1.33 bits per heavy atom. The molecule has 0 rings (SSSR count). The summed E-state index contributed by atoms with van der Waals surface area (Å²) < 4.78 is 0. The van der Waals surface area contributed by atoms with Gasteiger partial charge in [0.1, 0.15) is 5.41 Å². The molecule has 0 spiro atoms. The zero-order valence-corrected chi connectivity index (χ0v) is 9.39. The van der Waals surface area contributed by atoms with Gasteiger partial charge in [-0.2, -0.15) is 5.26 Å². The van der Waals surface area contributed by atoms with Gasteiger partial charge in [-0.05, 0) is 13.3 Å². The molecular formula is C10H17N3O2. The van der Waals surface area contributed by atoms with Gasteiger partial charge in [-0.3, -0.25) is 9.59 Å². The summed E-state index contributed by atoms with van der Waals surface area (Å²) in [7, 11) is 0. The predicted octanol–water partition coefficient (Wildman–Crippen LogP) is 0.179. The molecule has 5 heteroatoms. The van der Waals surface area contributed by atoms with Crippen molar-refractivity contribution in [2.75, 3.05) is 13.1 Å². The van der Waals surface area contributed by atoms with Crippen LogP contribution in [-0.2, 0) is 9.59 Å². The van der Waals surface area contributed by atoms with Crippen molar-refractivity contribution in [3.8, 4) is 6.07 Å². The molecule has 0 aromatic carbocycles. The second-order valence-corrected chi connectivity index (χ2v) is 3.54. The highest BCUT2D eigenvalue weighted by Crippen LogP contribution is 2.19. The maximum Gasteiger partial charge on any atom is 0.240 e. The maximum absolute atomic E-state index is 11.5. The van der Waals surface area contributed by atoms with Crippen molar-refractivity contribution in [1.29, 1.82) is 5.26 Å². The Hall–Kier alpha value is -1.57. The molecule has 0 aromatic rings. The lowest BCUT2D eigenvalue weighted by Gasteiger charge is -2.18. The molecule has 0 saturated carbocycles. The van der Waals surface area contributed by atoms with E-state index in [0.29, 0.717) is 19.5 Å². The van der Waals surface area contributed by atoms with Gasteiger partial charge in [0.05, 0.1) is 6.07 Å². The van der Waals surface area contributed by atoms with Gasteiger partial charge >= 0.3 is 0 Å². The van der Waals surface area contributed by atoms with E-state index in [2.05, 4.69) is 10.6 Å². The molecule has 84 valence electrons. The van der Waals surface area contributed by atoms with E-state index in [1.165, 1.54) is 6.92 Å². The fourth-order valence-electron chi connectivity index (χ4n) is 0.900. The lowest BCUT2D eigenvalue weighted by molar-refractivity contribution is -0.127. The zero-order valence-electron chi connectivity index (χ0n) is 9.39. The number of hydrogen-bond donors (Lipinski definition) is 2. The monoisotopic (exact) mass is 211 g/mol. The summed E-state index contributed by atoms with van der Waals surface area (Å²) in [5, 5.41) is 14.0. The highest BCUT2D eigenvalue weighted by atomic mass is 16.2. The first-order valence-electron chi connectivity index (χ1n) is 4.90. The van der Waals surface area contributed by atoms with Gasteiger partial charge in [0.2, 0.25) is 11.8 Å². The first-order chi connectivity index (χ1) is 6.96. The second kappa shape index (κ2) is 6.02. The summed E-state index contributed by atoms with van der Waals surface area (Å²) in [4.78, 5) is 22.0. The van der Waals surface area contributed by atoms with Crippen molar-refractivity contribution in [1.82, 2.24) is 10.6 Å². The van der Waals surface area contributed by atoms with Crippen LogP contribution in [0.25, 0.3) is 0 Å². The Kier molecular flexibility index (Phi) is 5.39. The van der Waals surface area contributed by atoms with Crippen LogP contribution in [0.2, 0.25) is 0 Å². The number of carbonyl (C=O) groups is 2. The Morgan fingerprint density at radius 2 is 1.87 bits per heavy atom. The number of nitrogens with one attached hydrogen (secondary N) is 2. The Bertz CT molecular complexity index is 283. The summed E-state index contributed by atoms with van der Waals surface area (Å²) in [6.45, 7) is 5.52. The van der Waals surface area contributed by atoms with Crippen LogP contribution in [0.1, 0.15) is 27.2 Å². The fourth-order valence-corrected chi connectivity index (χ4v) is 0.900. The van der Waals surface area contributed by atoms with Crippen LogP contribution < -0.4 is 10.6 Å². The summed E-state index contributed by atoms with van der Waals surface area (Å²) in [5.74, 6) is -0.430. The van der Waals surface area contributed by atoms with Crippen LogP contribution in [0.5, 0.6) is 0 Å². The molecular weight excluding hydrogens is 194 g/mol. The first kappa shape index (κ1) is 13.4. The predicted molar refractivity (Wildman–Crippen MR) is 55.7 cm³/mol. The number of amides is 2. The number of rotatable bonds is 5.